The summed E-state index contributed by atoms with van der Waals surface area (Å²) >= 11 is 0. The Morgan fingerprint density at radius 3 is 1.13 bits per heavy atom. The third-order valence-electron chi connectivity index (χ3n) is 12.7. The van der Waals surface area contributed by atoms with Crippen LogP contribution >= 0.6 is 0 Å². The van der Waals surface area contributed by atoms with Crippen LogP contribution < -0.4 is 10.6 Å². The summed E-state index contributed by atoms with van der Waals surface area (Å²) in [7, 11) is 0. The van der Waals surface area contributed by atoms with E-state index in [1.54, 1.807) is 0 Å². The van der Waals surface area contributed by atoms with Crippen LogP contribution in [0.2, 0.25) is 0 Å². The van der Waals surface area contributed by atoms with Crippen LogP contribution in [0, 0.1) is 33.5 Å². The highest BCUT2D eigenvalue weighted by Gasteiger charge is 2.42. The number of imidazole rings is 2. The molecule has 2 fully saturated rings. The molecule has 2 saturated carbocycles. The lowest BCUT2D eigenvalue weighted by molar-refractivity contribution is -0.134. The fourth-order valence-corrected chi connectivity index (χ4v) is 8.63. The minimum absolute atomic E-state index is 0.104. The molecule has 6 rings (SSSR count). The molecule has 0 saturated heterocycles. The number of amides is 2. The highest BCUT2D eigenvalue weighted by Crippen LogP contribution is 2.43. The summed E-state index contributed by atoms with van der Waals surface area (Å²) in [6, 6.07) is 16.5. The molecule has 0 bridgehead atoms. The Bertz CT molecular complexity index is 1750. The Morgan fingerprint density at radius 1 is 0.537 bits per heavy atom. The number of hydrogen-bond donors (Lipinski definition) is 4. The molecule has 2 amide bonds. The topological polar surface area (TPSA) is 116 Å². The molecule has 0 spiro atoms. The molecule has 290 valence electrons. The van der Waals surface area contributed by atoms with Gasteiger partial charge in [0.25, 0.3) is 0 Å². The highest BCUT2D eigenvalue weighted by molar-refractivity contribution is 5.83. The third kappa shape index (κ3) is 8.38. The summed E-state index contributed by atoms with van der Waals surface area (Å²) in [4.78, 5) is 43.9. The van der Waals surface area contributed by atoms with Gasteiger partial charge in [-0.15, -0.1) is 0 Å². The van der Waals surface area contributed by atoms with E-state index in [2.05, 4.69) is 138 Å². The maximum atomic E-state index is 13.6. The highest BCUT2D eigenvalue weighted by atomic mass is 16.2. The van der Waals surface area contributed by atoms with Crippen molar-refractivity contribution in [2.45, 2.75) is 133 Å². The first-order valence-corrected chi connectivity index (χ1v) is 20.3. The zero-order chi connectivity index (χ0) is 39.1. The molecular weight excluding hydrogens is 669 g/mol. The smallest absolute Gasteiger partial charge is 0.226 e. The molecular formula is C46H64N6O2. The van der Waals surface area contributed by atoms with E-state index in [0.29, 0.717) is 11.8 Å². The zero-order valence-corrected chi connectivity index (χ0v) is 34.5. The van der Waals surface area contributed by atoms with Crippen molar-refractivity contribution in [3.8, 4) is 33.6 Å². The van der Waals surface area contributed by atoms with Crippen molar-refractivity contribution < 1.29 is 9.59 Å². The molecule has 4 N–H and O–H groups in total. The van der Waals surface area contributed by atoms with E-state index in [9.17, 15) is 9.59 Å². The average molecular weight is 733 g/mol. The molecule has 2 aromatic heterocycles. The van der Waals surface area contributed by atoms with Gasteiger partial charge in [0.15, 0.2) is 0 Å². The van der Waals surface area contributed by atoms with Crippen LogP contribution in [0.4, 0.5) is 0 Å². The van der Waals surface area contributed by atoms with Gasteiger partial charge in [0, 0.05) is 10.8 Å². The lowest BCUT2D eigenvalue weighted by Gasteiger charge is -2.36. The van der Waals surface area contributed by atoms with E-state index in [4.69, 9.17) is 9.97 Å². The van der Waals surface area contributed by atoms with Crippen LogP contribution in [0.15, 0.2) is 60.9 Å². The minimum atomic E-state index is -0.412. The monoisotopic (exact) mass is 733 g/mol. The van der Waals surface area contributed by atoms with Crippen molar-refractivity contribution in [2.75, 3.05) is 0 Å². The van der Waals surface area contributed by atoms with E-state index < -0.39 is 10.8 Å². The van der Waals surface area contributed by atoms with Crippen LogP contribution in [0.1, 0.15) is 144 Å². The lowest BCUT2D eigenvalue weighted by atomic mass is 9.76. The number of nitrogens with one attached hydrogen (secondary N) is 4. The molecule has 4 aromatic rings. The molecule has 8 heteroatoms. The fourth-order valence-electron chi connectivity index (χ4n) is 8.63. The summed E-state index contributed by atoms with van der Waals surface area (Å²) in [5, 5.41) is 6.76. The molecule has 2 aromatic carbocycles. The van der Waals surface area contributed by atoms with Gasteiger partial charge in [-0.3, -0.25) is 9.59 Å². The standard InChI is InChI=1S/C46H64N6O2/c1-43(2,3)37(51-41(53)45(7,8)33-15-11-12-16-33)39-47-27-35(49-39)31-23-19-29(20-24-31)30-21-25-32(26-22-30)36-28-48-40(50-36)38(44(4,5)6)52-42(54)46(9,10)34-17-13-14-18-34/h19-28,33-34,37-38H,11-18H2,1-10H3,(H,47,49)(H,48,50)(H,51,53)(H,52,54)/t37-,38?/m1/s1. The molecule has 2 aliphatic carbocycles. The van der Waals surface area contributed by atoms with E-state index in [0.717, 1.165) is 71.0 Å². The first-order chi connectivity index (χ1) is 25.4. The number of rotatable bonds is 11. The Labute approximate surface area is 323 Å². The summed E-state index contributed by atoms with van der Waals surface area (Å²) < 4.78 is 0. The van der Waals surface area contributed by atoms with Crippen LogP contribution in [-0.4, -0.2) is 31.8 Å². The Hall–Kier alpha value is -4.20. The number of carbonyl (C=O) groups is 2. The number of aromatic amines is 2. The van der Waals surface area contributed by atoms with E-state index in [-0.39, 0.29) is 34.7 Å². The molecule has 8 nitrogen and oxygen atoms in total. The van der Waals surface area contributed by atoms with Gasteiger partial charge in [-0.05, 0) is 70.6 Å². The fraction of sp³-hybridized carbons (Fsp3) is 0.565. The number of aromatic nitrogens is 4. The number of nitrogens with zero attached hydrogens (tertiary/aromatic N) is 2. The molecule has 54 heavy (non-hydrogen) atoms. The van der Waals surface area contributed by atoms with Crippen molar-refractivity contribution in [2.24, 2.45) is 33.5 Å². The lowest BCUT2D eigenvalue weighted by Crippen LogP contribution is -2.46. The number of benzene rings is 2. The maximum absolute atomic E-state index is 13.6. The normalized spacial score (nSPS) is 17.4. The van der Waals surface area contributed by atoms with Crippen molar-refractivity contribution in [1.82, 2.24) is 30.6 Å². The van der Waals surface area contributed by atoms with Gasteiger partial charge in [0.1, 0.15) is 11.6 Å². The molecule has 2 atom stereocenters. The number of carbonyl (C=O) groups excluding carboxylic acids is 2. The summed E-state index contributed by atoms with van der Waals surface area (Å²) in [6.45, 7) is 21.3. The van der Waals surface area contributed by atoms with Crippen molar-refractivity contribution in [1.29, 1.82) is 0 Å². The maximum Gasteiger partial charge on any atom is 0.226 e. The summed E-state index contributed by atoms with van der Waals surface area (Å²) in [6.07, 6.45) is 13.1. The predicted molar refractivity (Wildman–Crippen MR) is 219 cm³/mol. The predicted octanol–water partition coefficient (Wildman–Crippen LogP) is 11.0. The quantitative estimate of drug-likeness (QED) is 0.123. The van der Waals surface area contributed by atoms with Gasteiger partial charge in [0.2, 0.25) is 11.8 Å². The van der Waals surface area contributed by atoms with E-state index in [1.807, 2.05) is 12.4 Å². The van der Waals surface area contributed by atoms with Crippen LogP contribution in [0.5, 0.6) is 0 Å². The second-order valence-corrected chi connectivity index (χ2v) is 19.5. The van der Waals surface area contributed by atoms with Crippen LogP contribution in [-0.2, 0) is 9.59 Å². The number of hydrogen-bond acceptors (Lipinski definition) is 4. The van der Waals surface area contributed by atoms with E-state index >= 15 is 0 Å². The number of H-pyrrole nitrogens is 2. The van der Waals surface area contributed by atoms with Gasteiger partial charge < -0.3 is 20.6 Å². The molecule has 2 heterocycles. The first-order valence-electron chi connectivity index (χ1n) is 20.3. The zero-order valence-electron chi connectivity index (χ0n) is 34.5. The van der Waals surface area contributed by atoms with Gasteiger partial charge in [-0.2, -0.15) is 0 Å². The second kappa shape index (κ2) is 15.1. The Kier molecular flexibility index (Phi) is 11.1. The SMILES string of the molecule is CC(C)(C)C(NC(=O)C(C)(C)C1CCCC1)c1ncc(-c2ccc(-c3ccc(-c4cnc([C@@H](NC(=O)C(C)(C)C5CCCC5)C(C)(C)C)[nH]4)cc3)cc2)[nH]1. The van der Waals surface area contributed by atoms with E-state index in [1.165, 1.54) is 25.7 Å². The first kappa shape index (κ1) is 39.5. The van der Waals surface area contributed by atoms with Crippen molar-refractivity contribution in [3.63, 3.8) is 0 Å². The Balaban J connectivity index is 1.13. The van der Waals surface area contributed by atoms with Crippen molar-refractivity contribution in [3.05, 3.63) is 72.6 Å². The summed E-state index contributed by atoms with van der Waals surface area (Å²) in [5.41, 5.74) is 4.89. The van der Waals surface area contributed by atoms with Gasteiger partial charge in [-0.25, -0.2) is 9.97 Å². The minimum Gasteiger partial charge on any atom is -0.345 e. The van der Waals surface area contributed by atoms with Crippen LogP contribution in [0.25, 0.3) is 33.6 Å². The largest absolute Gasteiger partial charge is 0.345 e. The second-order valence-electron chi connectivity index (χ2n) is 19.5. The van der Waals surface area contributed by atoms with Crippen LogP contribution in [0.3, 0.4) is 0 Å². The average Bonchev–Trinajstić information content (AvgIpc) is 3.96. The van der Waals surface area contributed by atoms with Crippen molar-refractivity contribution >= 4 is 11.8 Å². The Morgan fingerprint density at radius 2 is 0.833 bits per heavy atom. The van der Waals surface area contributed by atoms with Gasteiger partial charge in [0.05, 0.1) is 35.9 Å². The molecule has 0 aliphatic heterocycles. The van der Waals surface area contributed by atoms with Gasteiger partial charge in [-0.1, -0.05) is 143 Å². The summed E-state index contributed by atoms with van der Waals surface area (Å²) in [5.74, 6) is 2.60. The third-order valence-corrected chi connectivity index (χ3v) is 12.7. The molecule has 2 aliphatic rings. The molecule has 0 radical (unpaired) electrons. The molecule has 1 unspecified atom stereocenters. The van der Waals surface area contributed by atoms with Gasteiger partial charge >= 0.3 is 0 Å².